The SMILES string of the molecule is CCCNCc1c(Sc2ccccc2Cl)nc2sccn12. The number of benzene rings is 1. The Bertz CT molecular complexity index is 735. The molecule has 0 unspecified atom stereocenters. The molecule has 0 bridgehead atoms. The number of nitrogens with zero attached hydrogens (tertiary/aromatic N) is 2. The Morgan fingerprint density at radius 2 is 2.24 bits per heavy atom. The second kappa shape index (κ2) is 6.83. The fourth-order valence-electron chi connectivity index (χ4n) is 2.07. The van der Waals surface area contributed by atoms with Crippen LogP contribution in [0.25, 0.3) is 4.96 Å². The van der Waals surface area contributed by atoms with Crippen LogP contribution in [-0.4, -0.2) is 15.9 Å². The molecule has 0 atom stereocenters. The highest BCUT2D eigenvalue weighted by molar-refractivity contribution is 7.99. The molecule has 0 aliphatic heterocycles. The molecule has 21 heavy (non-hydrogen) atoms. The van der Waals surface area contributed by atoms with E-state index >= 15 is 0 Å². The van der Waals surface area contributed by atoms with E-state index in [0.717, 1.165) is 39.4 Å². The first-order valence-corrected chi connectivity index (χ1v) is 8.94. The van der Waals surface area contributed by atoms with E-state index in [-0.39, 0.29) is 0 Å². The molecule has 0 radical (unpaired) electrons. The van der Waals surface area contributed by atoms with Gasteiger partial charge in [0.2, 0.25) is 0 Å². The predicted octanol–water partition coefficient (Wildman–Crippen LogP) is 4.70. The number of halogens is 1. The summed E-state index contributed by atoms with van der Waals surface area (Å²) in [6.07, 6.45) is 3.20. The Balaban J connectivity index is 1.91. The first-order valence-electron chi connectivity index (χ1n) is 6.87. The van der Waals surface area contributed by atoms with E-state index < -0.39 is 0 Å². The number of thiazole rings is 1. The van der Waals surface area contributed by atoms with Gasteiger partial charge in [0.05, 0.1) is 10.7 Å². The second-order valence-corrected chi connectivity index (χ2v) is 6.94. The van der Waals surface area contributed by atoms with Gasteiger partial charge in [0, 0.05) is 23.0 Å². The summed E-state index contributed by atoms with van der Waals surface area (Å²) in [7, 11) is 0. The summed E-state index contributed by atoms with van der Waals surface area (Å²) in [5.74, 6) is 0. The lowest BCUT2D eigenvalue weighted by Gasteiger charge is -2.06. The third kappa shape index (κ3) is 3.26. The number of hydrogen-bond acceptors (Lipinski definition) is 4. The molecule has 0 saturated carbocycles. The lowest BCUT2D eigenvalue weighted by atomic mass is 10.4. The van der Waals surface area contributed by atoms with E-state index in [0.29, 0.717) is 0 Å². The summed E-state index contributed by atoms with van der Waals surface area (Å²) in [5, 5.41) is 7.32. The highest BCUT2D eigenvalue weighted by atomic mass is 35.5. The Hall–Kier alpha value is -1.01. The van der Waals surface area contributed by atoms with E-state index in [1.807, 2.05) is 24.3 Å². The summed E-state index contributed by atoms with van der Waals surface area (Å²) in [5.41, 5.74) is 1.20. The van der Waals surface area contributed by atoms with Crippen LogP contribution in [0.1, 0.15) is 19.0 Å². The quantitative estimate of drug-likeness (QED) is 0.661. The molecule has 3 rings (SSSR count). The third-order valence-electron chi connectivity index (χ3n) is 3.09. The maximum atomic E-state index is 6.26. The van der Waals surface area contributed by atoms with Gasteiger partial charge in [-0.25, -0.2) is 4.98 Å². The Kier molecular flexibility index (Phi) is 4.85. The normalized spacial score (nSPS) is 11.3. The molecule has 1 N–H and O–H groups in total. The molecule has 0 amide bonds. The van der Waals surface area contributed by atoms with E-state index in [1.54, 1.807) is 23.1 Å². The van der Waals surface area contributed by atoms with Gasteiger partial charge in [0.25, 0.3) is 0 Å². The van der Waals surface area contributed by atoms with Crippen LogP contribution >= 0.6 is 34.7 Å². The van der Waals surface area contributed by atoms with Crippen molar-refractivity contribution >= 4 is 39.7 Å². The fourth-order valence-corrected chi connectivity index (χ4v) is 4.05. The van der Waals surface area contributed by atoms with E-state index in [4.69, 9.17) is 16.6 Å². The number of nitrogens with one attached hydrogen (secondary N) is 1. The largest absolute Gasteiger partial charge is 0.311 e. The summed E-state index contributed by atoms with van der Waals surface area (Å²) in [6.45, 7) is 4.00. The van der Waals surface area contributed by atoms with Gasteiger partial charge in [0.1, 0.15) is 5.03 Å². The molecule has 6 heteroatoms. The average Bonchev–Trinajstić information content (AvgIpc) is 3.04. The summed E-state index contributed by atoms with van der Waals surface area (Å²) >= 11 is 9.54. The van der Waals surface area contributed by atoms with Gasteiger partial charge in [-0.05, 0) is 25.1 Å². The van der Waals surface area contributed by atoms with Gasteiger partial charge >= 0.3 is 0 Å². The molecular weight excluding hydrogens is 322 g/mol. The van der Waals surface area contributed by atoms with Crippen LogP contribution in [0.4, 0.5) is 0 Å². The minimum atomic E-state index is 0.770. The van der Waals surface area contributed by atoms with Gasteiger partial charge in [-0.2, -0.15) is 0 Å². The van der Waals surface area contributed by atoms with Gasteiger partial charge in [0.15, 0.2) is 4.96 Å². The minimum absolute atomic E-state index is 0.770. The van der Waals surface area contributed by atoms with Crippen molar-refractivity contribution in [1.29, 1.82) is 0 Å². The molecule has 0 saturated heterocycles. The zero-order chi connectivity index (χ0) is 14.7. The fraction of sp³-hybridized carbons (Fsp3) is 0.267. The van der Waals surface area contributed by atoms with Crippen LogP contribution in [-0.2, 0) is 6.54 Å². The molecule has 2 aromatic heterocycles. The average molecular weight is 338 g/mol. The number of aromatic nitrogens is 2. The second-order valence-electron chi connectivity index (χ2n) is 4.63. The van der Waals surface area contributed by atoms with Crippen molar-refractivity contribution in [2.45, 2.75) is 29.8 Å². The first-order chi connectivity index (χ1) is 10.3. The lowest BCUT2D eigenvalue weighted by molar-refractivity contribution is 0.653. The van der Waals surface area contributed by atoms with Gasteiger partial charge < -0.3 is 5.32 Å². The maximum Gasteiger partial charge on any atom is 0.194 e. The molecular formula is C15H16ClN3S2. The van der Waals surface area contributed by atoms with Crippen molar-refractivity contribution in [1.82, 2.24) is 14.7 Å². The third-order valence-corrected chi connectivity index (χ3v) is 5.38. The van der Waals surface area contributed by atoms with Crippen LogP contribution < -0.4 is 5.32 Å². The highest BCUT2D eigenvalue weighted by Gasteiger charge is 2.15. The minimum Gasteiger partial charge on any atom is -0.311 e. The Labute approximate surface area is 137 Å². The van der Waals surface area contributed by atoms with Crippen molar-refractivity contribution < 1.29 is 0 Å². The summed E-state index contributed by atoms with van der Waals surface area (Å²) < 4.78 is 2.16. The molecule has 0 aliphatic carbocycles. The van der Waals surface area contributed by atoms with Crippen molar-refractivity contribution in [3.8, 4) is 0 Å². The standard InChI is InChI=1S/C15H16ClN3S2/c1-2-7-17-10-12-14(18-15-19(12)8-9-20-15)21-13-6-4-3-5-11(13)16/h3-6,8-9,17H,2,7,10H2,1H3. The number of hydrogen-bond donors (Lipinski definition) is 1. The van der Waals surface area contributed by atoms with Crippen LogP contribution in [0.15, 0.2) is 45.8 Å². The van der Waals surface area contributed by atoms with Crippen molar-refractivity contribution in [3.05, 3.63) is 46.6 Å². The molecule has 3 aromatic rings. The number of rotatable bonds is 6. The van der Waals surface area contributed by atoms with Crippen molar-refractivity contribution in [2.75, 3.05) is 6.54 Å². The Morgan fingerprint density at radius 1 is 1.38 bits per heavy atom. The molecule has 110 valence electrons. The zero-order valence-electron chi connectivity index (χ0n) is 11.7. The van der Waals surface area contributed by atoms with E-state index in [1.165, 1.54) is 5.69 Å². The van der Waals surface area contributed by atoms with Crippen molar-refractivity contribution in [2.24, 2.45) is 0 Å². The number of fused-ring (bicyclic) bond motifs is 1. The lowest BCUT2D eigenvalue weighted by Crippen LogP contribution is -2.15. The van der Waals surface area contributed by atoms with Crippen LogP contribution in [0.3, 0.4) is 0 Å². The molecule has 1 aromatic carbocycles. The van der Waals surface area contributed by atoms with Gasteiger partial charge in [-0.15, -0.1) is 11.3 Å². The predicted molar refractivity (Wildman–Crippen MR) is 90.6 cm³/mol. The smallest absolute Gasteiger partial charge is 0.194 e. The van der Waals surface area contributed by atoms with Gasteiger partial charge in [-0.1, -0.05) is 42.4 Å². The van der Waals surface area contributed by atoms with E-state index in [9.17, 15) is 0 Å². The molecule has 0 fully saturated rings. The number of imidazole rings is 1. The molecule has 2 heterocycles. The molecule has 0 spiro atoms. The maximum absolute atomic E-state index is 6.26. The summed E-state index contributed by atoms with van der Waals surface area (Å²) in [6, 6.07) is 7.89. The van der Waals surface area contributed by atoms with E-state index in [2.05, 4.69) is 28.2 Å². The van der Waals surface area contributed by atoms with Crippen LogP contribution in [0.2, 0.25) is 5.02 Å². The highest BCUT2D eigenvalue weighted by Crippen LogP contribution is 2.35. The molecule has 0 aliphatic rings. The molecule has 3 nitrogen and oxygen atoms in total. The van der Waals surface area contributed by atoms with Gasteiger partial charge in [-0.3, -0.25) is 4.40 Å². The monoisotopic (exact) mass is 337 g/mol. The van der Waals surface area contributed by atoms with Crippen molar-refractivity contribution in [3.63, 3.8) is 0 Å². The van der Waals surface area contributed by atoms with Crippen LogP contribution in [0, 0.1) is 0 Å². The summed E-state index contributed by atoms with van der Waals surface area (Å²) in [4.78, 5) is 6.80. The first kappa shape index (κ1) is 14.9. The zero-order valence-corrected chi connectivity index (χ0v) is 14.1. The topological polar surface area (TPSA) is 29.3 Å². The van der Waals surface area contributed by atoms with Crippen LogP contribution in [0.5, 0.6) is 0 Å². The Morgan fingerprint density at radius 3 is 3.05 bits per heavy atom.